The summed E-state index contributed by atoms with van der Waals surface area (Å²) >= 11 is 0. The number of aromatic nitrogens is 2. The van der Waals surface area contributed by atoms with E-state index in [1.165, 1.54) is 36.2 Å². The lowest BCUT2D eigenvalue weighted by Crippen LogP contribution is -2.19. The molecule has 0 saturated heterocycles. The van der Waals surface area contributed by atoms with Gasteiger partial charge < -0.3 is 0 Å². The Morgan fingerprint density at radius 1 is 1.31 bits per heavy atom. The molecule has 0 amide bonds. The van der Waals surface area contributed by atoms with Crippen molar-refractivity contribution in [3.8, 4) is 0 Å². The van der Waals surface area contributed by atoms with Crippen molar-refractivity contribution >= 4 is 0 Å². The van der Waals surface area contributed by atoms with E-state index in [4.69, 9.17) is 5.10 Å². The molecule has 1 aromatic heterocycles. The molecule has 90 valence electrons. The average molecular weight is 220 g/mol. The molecule has 1 aliphatic rings. The molecule has 2 nitrogen and oxygen atoms in total. The van der Waals surface area contributed by atoms with Crippen molar-refractivity contribution in [2.24, 2.45) is 0 Å². The van der Waals surface area contributed by atoms with Crippen LogP contribution in [0.4, 0.5) is 0 Å². The van der Waals surface area contributed by atoms with Crippen LogP contribution in [-0.2, 0) is 12.0 Å². The van der Waals surface area contributed by atoms with Crippen molar-refractivity contribution in [1.82, 2.24) is 9.78 Å². The van der Waals surface area contributed by atoms with Crippen LogP contribution < -0.4 is 0 Å². The number of rotatable bonds is 2. The fourth-order valence-corrected chi connectivity index (χ4v) is 2.82. The summed E-state index contributed by atoms with van der Waals surface area (Å²) in [5, 5.41) is 4.83. The van der Waals surface area contributed by atoms with E-state index in [0.717, 1.165) is 12.5 Å². The summed E-state index contributed by atoms with van der Waals surface area (Å²) in [6.07, 6.45) is 4.06. The van der Waals surface area contributed by atoms with Gasteiger partial charge in [0.2, 0.25) is 0 Å². The van der Waals surface area contributed by atoms with Gasteiger partial charge in [-0.05, 0) is 32.3 Å². The third-order valence-corrected chi connectivity index (χ3v) is 3.73. The summed E-state index contributed by atoms with van der Waals surface area (Å²) in [4.78, 5) is 0. The van der Waals surface area contributed by atoms with E-state index in [-0.39, 0.29) is 5.41 Å². The summed E-state index contributed by atoms with van der Waals surface area (Å²) in [7, 11) is 0. The Bertz CT molecular complexity index is 378. The Kier molecular flexibility index (Phi) is 2.85. The maximum Gasteiger partial charge on any atom is 0.0687 e. The Morgan fingerprint density at radius 2 is 1.94 bits per heavy atom. The van der Waals surface area contributed by atoms with Gasteiger partial charge in [0.05, 0.1) is 5.69 Å². The van der Waals surface area contributed by atoms with Crippen molar-refractivity contribution in [1.29, 1.82) is 0 Å². The zero-order chi connectivity index (χ0) is 11.9. The first-order valence-electron chi connectivity index (χ1n) is 6.53. The number of hydrogen-bond acceptors (Lipinski definition) is 1. The summed E-state index contributed by atoms with van der Waals surface area (Å²) in [5.74, 6) is 0.744. The maximum absolute atomic E-state index is 4.83. The van der Waals surface area contributed by atoms with Gasteiger partial charge in [0.25, 0.3) is 0 Å². The van der Waals surface area contributed by atoms with Crippen molar-refractivity contribution in [3.63, 3.8) is 0 Å². The van der Waals surface area contributed by atoms with E-state index in [9.17, 15) is 0 Å². The average Bonchev–Trinajstić information content (AvgIpc) is 2.40. The molecule has 2 rings (SSSR count). The summed E-state index contributed by atoms with van der Waals surface area (Å²) in [5.41, 5.74) is 4.45. The molecule has 1 fully saturated rings. The maximum atomic E-state index is 4.83. The van der Waals surface area contributed by atoms with Gasteiger partial charge in [0, 0.05) is 23.6 Å². The topological polar surface area (TPSA) is 17.8 Å². The fourth-order valence-electron chi connectivity index (χ4n) is 2.82. The smallest absolute Gasteiger partial charge is 0.0687 e. The molecule has 0 atom stereocenters. The van der Waals surface area contributed by atoms with Gasteiger partial charge in [-0.15, -0.1) is 0 Å². The molecule has 0 radical (unpaired) electrons. The highest BCUT2D eigenvalue weighted by Gasteiger charge is 2.30. The molecule has 0 bridgehead atoms. The normalized spacial score (nSPS) is 17.6. The zero-order valence-corrected chi connectivity index (χ0v) is 11.3. The molecule has 0 unspecified atom stereocenters. The van der Waals surface area contributed by atoms with Crippen molar-refractivity contribution < 1.29 is 0 Å². The van der Waals surface area contributed by atoms with Crippen molar-refractivity contribution in [3.05, 3.63) is 17.0 Å². The van der Waals surface area contributed by atoms with Gasteiger partial charge in [-0.3, -0.25) is 4.68 Å². The fraction of sp³-hybridized carbons (Fsp3) is 0.786. The molecule has 1 aromatic rings. The highest BCUT2D eigenvalue weighted by atomic mass is 15.3. The lowest BCUT2D eigenvalue weighted by molar-refractivity contribution is 0.404. The Labute approximate surface area is 99.0 Å². The lowest BCUT2D eigenvalue weighted by atomic mass is 9.80. The second-order valence-corrected chi connectivity index (χ2v) is 6.05. The minimum absolute atomic E-state index is 0.203. The van der Waals surface area contributed by atoms with Gasteiger partial charge in [0.15, 0.2) is 0 Å². The van der Waals surface area contributed by atoms with E-state index >= 15 is 0 Å². The van der Waals surface area contributed by atoms with Gasteiger partial charge >= 0.3 is 0 Å². The standard InChI is InChI=1S/C14H24N2/c1-6-16-13(14(3,4)5)10(2)12(15-16)11-8-7-9-11/h11H,6-9H2,1-5H3. The van der Waals surface area contributed by atoms with Crippen LogP contribution >= 0.6 is 0 Å². The van der Waals surface area contributed by atoms with Crippen LogP contribution in [0.5, 0.6) is 0 Å². The summed E-state index contributed by atoms with van der Waals surface area (Å²) < 4.78 is 2.21. The number of nitrogens with zero attached hydrogens (tertiary/aromatic N) is 2. The second-order valence-electron chi connectivity index (χ2n) is 6.05. The minimum atomic E-state index is 0.203. The first-order chi connectivity index (χ1) is 7.45. The molecule has 0 spiro atoms. The molecular formula is C14H24N2. The van der Waals surface area contributed by atoms with Crippen LogP contribution in [0.25, 0.3) is 0 Å². The first-order valence-corrected chi connectivity index (χ1v) is 6.53. The molecule has 1 aliphatic carbocycles. The van der Waals surface area contributed by atoms with Crippen LogP contribution in [0.3, 0.4) is 0 Å². The zero-order valence-electron chi connectivity index (χ0n) is 11.3. The Morgan fingerprint density at radius 3 is 2.25 bits per heavy atom. The SMILES string of the molecule is CCn1nc(C2CCC2)c(C)c1C(C)(C)C. The van der Waals surface area contributed by atoms with Crippen molar-refractivity contribution in [2.45, 2.75) is 71.8 Å². The second kappa shape index (κ2) is 3.90. The molecular weight excluding hydrogens is 196 g/mol. The molecule has 0 aromatic carbocycles. The van der Waals surface area contributed by atoms with Gasteiger partial charge in [-0.1, -0.05) is 27.2 Å². The quantitative estimate of drug-likeness (QED) is 0.741. The van der Waals surface area contributed by atoms with Crippen LogP contribution in [0.1, 0.15) is 69.8 Å². The monoisotopic (exact) mass is 220 g/mol. The van der Waals surface area contributed by atoms with Gasteiger partial charge in [-0.25, -0.2) is 0 Å². The third kappa shape index (κ3) is 1.79. The summed E-state index contributed by atoms with van der Waals surface area (Å²) in [6.45, 7) is 12.3. The van der Waals surface area contributed by atoms with Gasteiger partial charge in [-0.2, -0.15) is 5.10 Å². The van der Waals surface area contributed by atoms with E-state index in [1.807, 2.05) is 0 Å². The predicted molar refractivity (Wildman–Crippen MR) is 67.9 cm³/mol. The first kappa shape index (κ1) is 11.7. The van der Waals surface area contributed by atoms with Crippen LogP contribution in [-0.4, -0.2) is 9.78 Å². The predicted octanol–water partition coefficient (Wildman–Crippen LogP) is 3.78. The van der Waals surface area contributed by atoms with Crippen LogP contribution in [0, 0.1) is 6.92 Å². The summed E-state index contributed by atoms with van der Waals surface area (Å²) in [6, 6.07) is 0. The van der Waals surface area contributed by atoms with Crippen molar-refractivity contribution in [2.75, 3.05) is 0 Å². The Hall–Kier alpha value is -0.790. The molecule has 0 N–H and O–H groups in total. The molecule has 16 heavy (non-hydrogen) atoms. The Balaban J connectivity index is 2.46. The number of hydrogen-bond donors (Lipinski definition) is 0. The molecule has 2 heteroatoms. The number of aryl methyl sites for hydroxylation is 1. The lowest BCUT2D eigenvalue weighted by Gasteiger charge is -2.25. The van der Waals surface area contributed by atoms with E-state index in [1.54, 1.807) is 0 Å². The van der Waals surface area contributed by atoms with Crippen LogP contribution in [0.2, 0.25) is 0 Å². The van der Waals surface area contributed by atoms with Crippen LogP contribution in [0.15, 0.2) is 0 Å². The molecule has 0 aliphatic heterocycles. The molecule has 1 heterocycles. The minimum Gasteiger partial charge on any atom is -0.269 e. The molecule has 1 saturated carbocycles. The largest absolute Gasteiger partial charge is 0.269 e. The van der Waals surface area contributed by atoms with E-state index in [0.29, 0.717) is 0 Å². The van der Waals surface area contributed by atoms with Gasteiger partial charge in [0.1, 0.15) is 0 Å². The van der Waals surface area contributed by atoms with E-state index in [2.05, 4.69) is 39.3 Å². The third-order valence-electron chi connectivity index (χ3n) is 3.73. The highest BCUT2D eigenvalue weighted by molar-refractivity contribution is 5.33. The van der Waals surface area contributed by atoms with E-state index < -0.39 is 0 Å². The highest BCUT2D eigenvalue weighted by Crippen LogP contribution is 2.39.